The van der Waals surface area contributed by atoms with Crippen LogP contribution in [0.4, 0.5) is 4.39 Å². The third-order valence-electron chi connectivity index (χ3n) is 5.38. The van der Waals surface area contributed by atoms with Crippen molar-refractivity contribution in [2.75, 3.05) is 7.11 Å². The summed E-state index contributed by atoms with van der Waals surface area (Å²) in [6.45, 7) is 2.76. The van der Waals surface area contributed by atoms with Crippen molar-refractivity contribution in [2.45, 2.75) is 13.5 Å². The summed E-state index contributed by atoms with van der Waals surface area (Å²) in [6.07, 6.45) is 5.17. The number of hydrogen-bond donors (Lipinski definition) is 0. The fourth-order valence-corrected chi connectivity index (χ4v) is 3.77. The molecule has 0 spiro atoms. The van der Waals surface area contributed by atoms with Crippen molar-refractivity contribution in [2.24, 2.45) is 7.05 Å². The summed E-state index contributed by atoms with van der Waals surface area (Å²) >= 11 is 0. The van der Waals surface area contributed by atoms with E-state index in [-0.39, 0.29) is 5.82 Å². The first kappa shape index (κ1) is 18.2. The van der Waals surface area contributed by atoms with Crippen LogP contribution in [-0.4, -0.2) is 36.6 Å². The SMILES string of the molecule is CCn1cnc2c(-c3ccc(F)c(-c4cc5c(cnn5C)cc4OC)c3)cnnc21. The average Bonchev–Trinajstić information content (AvgIpc) is 3.36. The molecule has 0 aliphatic rings. The van der Waals surface area contributed by atoms with Gasteiger partial charge in [0.25, 0.3) is 0 Å². The standard InChI is InChI=1S/C22H19FN6O/c1-4-29-12-24-21-17(11-25-27-22(21)29)13-5-6-18(23)15(7-13)16-9-19-14(8-20(16)30-3)10-26-28(19)2/h5-12H,4H2,1-3H3. The Morgan fingerprint density at radius 3 is 2.73 bits per heavy atom. The normalized spacial score (nSPS) is 11.5. The van der Waals surface area contributed by atoms with Gasteiger partial charge in [0.1, 0.15) is 17.1 Å². The van der Waals surface area contributed by atoms with Crippen LogP contribution in [0.25, 0.3) is 44.3 Å². The second-order valence-corrected chi connectivity index (χ2v) is 7.04. The molecule has 0 saturated heterocycles. The number of imidazole rings is 1. The lowest BCUT2D eigenvalue weighted by atomic mass is 9.97. The van der Waals surface area contributed by atoms with E-state index in [1.165, 1.54) is 6.07 Å². The van der Waals surface area contributed by atoms with Crippen LogP contribution in [0.2, 0.25) is 0 Å². The molecule has 2 aromatic carbocycles. The van der Waals surface area contributed by atoms with Gasteiger partial charge in [-0.05, 0) is 36.8 Å². The van der Waals surface area contributed by atoms with Gasteiger partial charge in [0.2, 0.25) is 0 Å². The summed E-state index contributed by atoms with van der Waals surface area (Å²) in [4.78, 5) is 4.50. The van der Waals surface area contributed by atoms with E-state index in [1.807, 2.05) is 30.7 Å². The third kappa shape index (κ3) is 2.72. The number of nitrogens with zero attached hydrogens (tertiary/aromatic N) is 6. The Kier molecular flexibility index (Phi) is 4.20. The Bertz CT molecular complexity index is 1400. The smallest absolute Gasteiger partial charge is 0.183 e. The summed E-state index contributed by atoms with van der Waals surface area (Å²) in [6, 6.07) is 8.77. The van der Waals surface area contributed by atoms with Crippen LogP contribution in [0, 0.1) is 5.82 Å². The fourth-order valence-electron chi connectivity index (χ4n) is 3.77. The average molecular weight is 402 g/mol. The zero-order valence-corrected chi connectivity index (χ0v) is 16.8. The highest BCUT2D eigenvalue weighted by atomic mass is 19.1. The van der Waals surface area contributed by atoms with Crippen LogP contribution < -0.4 is 4.74 Å². The van der Waals surface area contributed by atoms with Crippen molar-refractivity contribution in [1.82, 2.24) is 29.5 Å². The fraction of sp³-hybridized carbons (Fsp3) is 0.182. The van der Waals surface area contributed by atoms with E-state index in [0.717, 1.165) is 34.1 Å². The van der Waals surface area contributed by atoms with Crippen LogP contribution in [-0.2, 0) is 13.6 Å². The monoisotopic (exact) mass is 402 g/mol. The summed E-state index contributed by atoms with van der Waals surface area (Å²) in [5, 5.41) is 13.6. The van der Waals surface area contributed by atoms with Crippen LogP contribution in [0.5, 0.6) is 5.75 Å². The Balaban J connectivity index is 1.73. The van der Waals surface area contributed by atoms with E-state index < -0.39 is 0 Å². The molecule has 3 heterocycles. The van der Waals surface area contributed by atoms with Gasteiger partial charge in [0.15, 0.2) is 5.65 Å². The molecule has 0 radical (unpaired) electrons. The highest BCUT2D eigenvalue weighted by Crippen LogP contribution is 2.38. The number of aryl methyl sites for hydroxylation is 2. The van der Waals surface area contributed by atoms with Gasteiger partial charge < -0.3 is 9.30 Å². The number of benzene rings is 2. The minimum Gasteiger partial charge on any atom is -0.496 e. The molecule has 3 aromatic heterocycles. The topological polar surface area (TPSA) is 70.7 Å². The highest BCUT2D eigenvalue weighted by Gasteiger charge is 2.17. The number of ether oxygens (including phenoxy) is 1. The first-order chi connectivity index (χ1) is 14.6. The van der Waals surface area contributed by atoms with E-state index in [2.05, 4.69) is 20.3 Å². The molecule has 0 amide bonds. The van der Waals surface area contributed by atoms with E-state index in [9.17, 15) is 4.39 Å². The third-order valence-corrected chi connectivity index (χ3v) is 5.38. The van der Waals surface area contributed by atoms with Crippen LogP contribution in [0.3, 0.4) is 0 Å². The first-order valence-electron chi connectivity index (χ1n) is 9.57. The maximum absolute atomic E-state index is 15.0. The predicted octanol–water partition coefficient (Wildman–Crippen LogP) is 4.21. The van der Waals surface area contributed by atoms with Gasteiger partial charge in [-0.15, -0.1) is 5.10 Å². The van der Waals surface area contributed by atoms with E-state index in [4.69, 9.17) is 4.74 Å². The summed E-state index contributed by atoms with van der Waals surface area (Å²) in [5.74, 6) is 0.246. The summed E-state index contributed by atoms with van der Waals surface area (Å²) < 4.78 is 24.2. The Labute approximate surface area is 171 Å². The zero-order valence-electron chi connectivity index (χ0n) is 16.8. The van der Waals surface area contributed by atoms with Crippen molar-refractivity contribution >= 4 is 22.1 Å². The van der Waals surface area contributed by atoms with Gasteiger partial charge in [0, 0.05) is 35.7 Å². The number of halogens is 1. The Morgan fingerprint density at radius 2 is 1.93 bits per heavy atom. The second-order valence-electron chi connectivity index (χ2n) is 7.04. The van der Waals surface area contributed by atoms with Crippen molar-refractivity contribution < 1.29 is 9.13 Å². The molecule has 0 unspecified atom stereocenters. The van der Waals surface area contributed by atoms with Crippen LogP contribution in [0.15, 0.2) is 49.1 Å². The maximum Gasteiger partial charge on any atom is 0.183 e. The molecule has 0 bridgehead atoms. The van der Waals surface area contributed by atoms with Crippen LogP contribution in [0.1, 0.15) is 6.92 Å². The minimum absolute atomic E-state index is 0.337. The molecule has 0 atom stereocenters. The number of methoxy groups -OCH3 is 1. The summed E-state index contributed by atoms with van der Waals surface area (Å²) in [5.41, 5.74) is 5.03. The highest BCUT2D eigenvalue weighted by molar-refractivity contribution is 5.92. The molecule has 0 saturated carbocycles. The number of rotatable bonds is 4. The molecule has 0 fully saturated rings. The van der Waals surface area contributed by atoms with Crippen molar-refractivity contribution in [3.05, 3.63) is 54.9 Å². The molecule has 30 heavy (non-hydrogen) atoms. The number of fused-ring (bicyclic) bond motifs is 2. The van der Waals surface area contributed by atoms with Gasteiger partial charge >= 0.3 is 0 Å². The van der Waals surface area contributed by atoms with Crippen molar-refractivity contribution in [1.29, 1.82) is 0 Å². The number of hydrogen-bond acceptors (Lipinski definition) is 5. The molecule has 0 N–H and O–H groups in total. The molecule has 8 heteroatoms. The molecule has 0 aliphatic heterocycles. The summed E-state index contributed by atoms with van der Waals surface area (Å²) in [7, 11) is 3.44. The lowest BCUT2D eigenvalue weighted by molar-refractivity contribution is 0.416. The Morgan fingerprint density at radius 1 is 1.07 bits per heavy atom. The first-order valence-corrected chi connectivity index (χ1v) is 9.57. The van der Waals surface area contributed by atoms with Crippen molar-refractivity contribution in [3.8, 4) is 28.0 Å². The quantitative estimate of drug-likeness (QED) is 0.450. The molecule has 7 nitrogen and oxygen atoms in total. The van der Waals surface area contributed by atoms with Gasteiger partial charge in [0.05, 0.1) is 31.3 Å². The predicted molar refractivity (Wildman–Crippen MR) is 113 cm³/mol. The second kappa shape index (κ2) is 6.91. The molecule has 150 valence electrons. The van der Waals surface area contributed by atoms with Crippen molar-refractivity contribution in [3.63, 3.8) is 0 Å². The molecule has 5 aromatic rings. The largest absolute Gasteiger partial charge is 0.496 e. The molecule has 0 aliphatic carbocycles. The Hall–Kier alpha value is -3.81. The number of aromatic nitrogens is 6. The lowest BCUT2D eigenvalue weighted by Crippen LogP contribution is -1.96. The van der Waals surface area contributed by atoms with E-state index in [1.54, 1.807) is 42.6 Å². The zero-order chi connectivity index (χ0) is 20.8. The van der Waals surface area contributed by atoms with Crippen LogP contribution >= 0.6 is 0 Å². The minimum atomic E-state index is -0.337. The lowest BCUT2D eigenvalue weighted by Gasteiger charge is -2.12. The van der Waals surface area contributed by atoms with E-state index >= 15 is 0 Å². The molecule has 5 rings (SSSR count). The van der Waals surface area contributed by atoms with Gasteiger partial charge in [-0.1, -0.05) is 6.07 Å². The van der Waals surface area contributed by atoms with Gasteiger partial charge in [-0.2, -0.15) is 10.2 Å². The maximum atomic E-state index is 15.0. The van der Waals surface area contributed by atoms with E-state index in [0.29, 0.717) is 22.5 Å². The van der Waals surface area contributed by atoms with Gasteiger partial charge in [-0.3, -0.25) is 4.68 Å². The molecular formula is C22H19FN6O. The van der Waals surface area contributed by atoms with Gasteiger partial charge in [-0.25, -0.2) is 9.37 Å². The molecular weight excluding hydrogens is 383 g/mol.